The number of nitrogens with two attached hydrogens (primary N) is 1. The normalized spacial score (nSPS) is 24.2. The van der Waals surface area contributed by atoms with E-state index in [1.54, 1.807) is 0 Å². The molecule has 90 valence electrons. The van der Waals surface area contributed by atoms with Gasteiger partial charge in [-0.15, -0.1) is 0 Å². The van der Waals surface area contributed by atoms with E-state index in [0.29, 0.717) is 6.61 Å². The molecule has 0 aromatic heterocycles. The van der Waals surface area contributed by atoms with Gasteiger partial charge in [0.2, 0.25) is 0 Å². The van der Waals surface area contributed by atoms with Gasteiger partial charge in [0.25, 0.3) is 0 Å². The summed E-state index contributed by atoms with van der Waals surface area (Å²) >= 11 is 0. The monoisotopic (exact) mass is 213 g/mol. The summed E-state index contributed by atoms with van der Waals surface area (Å²) in [6.07, 6.45) is 11.1. The van der Waals surface area contributed by atoms with Crippen molar-refractivity contribution in [2.75, 3.05) is 6.61 Å². The van der Waals surface area contributed by atoms with Crippen LogP contribution >= 0.6 is 0 Å². The molecular weight excluding hydrogens is 186 g/mol. The van der Waals surface area contributed by atoms with E-state index >= 15 is 0 Å². The third-order valence-electron chi connectivity index (χ3n) is 4.19. The highest BCUT2D eigenvalue weighted by molar-refractivity contribution is 4.89. The van der Waals surface area contributed by atoms with E-state index in [9.17, 15) is 5.11 Å². The summed E-state index contributed by atoms with van der Waals surface area (Å²) in [6, 6.07) is 0.280. The van der Waals surface area contributed by atoms with Gasteiger partial charge in [-0.05, 0) is 31.1 Å². The van der Waals surface area contributed by atoms with Gasteiger partial charge in [0.15, 0.2) is 0 Å². The highest BCUT2D eigenvalue weighted by Gasteiger charge is 2.34. The van der Waals surface area contributed by atoms with Crippen LogP contribution in [0.5, 0.6) is 0 Å². The van der Waals surface area contributed by atoms with Crippen LogP contribution in [0.4, 0.5) is 0 Å². The third kappa shape index (κ3) is 3.46. The van der Waals surface area contributed by atoms with Gasteiger partial charge in [-0.1, -0.05) is 39.0 Å². The van der Waals surface area contributed by atoms with Crippen molar-refractivity contribution >= 4 is 0 Å². The highest BCUT2D eigenvalue weighted by Crippen LogP contribution is 2.40. The van der Waals surface area contributed by atoms with Crippen LogP contribution in [0.1, 0.15) is 64.7 Å². The molecule has 0 aromatic rings. The Bertz CT molecular complexity index is 162. The van der Waals surface area contributed by atoms with E-state index in [4.69, 9.17) is 5.73 Å². The Morgan fingerprint density at radius 3 is 2.13 bits per heavy atom. The van der Waals surface area contributed by atoms with Crippen LogP contribution < -0.4 is 5.73 Å². The van der Waals surface area contributed by atoms with Crippen LogP contribution in [0.25, 0.3) is 0 Å². The summed E-state index contributed by atoms with van der Waals surface area (Å²) in [5.41, 5.74) is 6.52. The molecule has 0 radical (unpaired) electrons. The van der Waals surface area contributed by atoms with Gasteiger partial charge in [0.05, 0.1) is 0 Å². The van der Waals surface area contributed by atoms with E-state index < -0.39 is 0 Å². The number of aliphatic hydroxyl groups excluding tert-OH is 1. The number of aliphatic hydroxyl groups is 1. The van der Waals surface area contributed by atoms with E-state index in [1.807, 2.05) is 0 Å². The summed E-state index contributed by atoms with van der Waals surface area (Å²) < 4.78 is 0. The first-order valence-corrected chi connectivity index (χ1v) is 6.61. The number of rotatable bonds is 4. The fourth-order valence-electron chi connectivity index (χ4n) is 3.07. The molecule has 0 saturated heterocycles. The molecule has 1 atom stereocenters. The van der Waals surface area contributed by atoms with Gasteiger partial charge in [0, 0.05) is 12.6 Å². The predicted molar refractivity (Wildman–Crippen MR) is 64.7 cm³/mol. The smallest absolute Gasteiger partial charge is 0.0436 e. The van der Waals surface area contributed by atoms with E-state index in [1.165, 1.54) is 44.9 Å². The maximum absolute atomic E-state index is 9.23. The van der Waals surface area contributed by atoms with Gasteiger partial charge in [-0.25, -0.2) is 0 Å². The molecule has 1 unspecified atom stereocenters. The molecule has 1 fully saturated rings. The van der Waals surface area contributed by atoms with Gasteiger partial charge in [-0.3, -0.25) is 0 Å². The van der Waals surface area contributed by atoms with Crippen molar-refractivity contribution in [2.24, 2.45) is 11.1 Å². The lowest BCUT2D eigenvalue weighted by molar-refractivity contribution is 0.108. The zero-order valence-electron chi connectivity index (χ0n) is 10.2. The van der Waals surface area contributed by atoms with E-state index in [0.717, 1.165) is 12.8 Å². The molecule has 1 aliphatic carbocycles. The van der Waals surface area contributed by atoms with Crippen molar-refractivity contribution in [2.45, 2.75) is 70.8 Å². The minimum atomic E-state index is 0.240. The molecule has 0 aromatic carbocycles. The maximum atomic E-state index is 9.23. The molecule has 1 rings (SSSR count). The Morgan fingerprint density at radius 2 is 1.67 bits per heavy atom. The number of hydrogen-bond donors (Lipinski definition) is 2. The summed E-state index contributed by atoms with van der Waals surface area (Å²) in [5.74, 6) is 0. The zero-order chi connectivity index (χ0) is 11.1. The lowest BCUT2D eigenvalue weighted by Crippen LogP contribution is -2.42. The fourth-order valence-corrected chi connectivity index (χ4v) is 3.07. The van der Waals surface area contributed by atoms with Crippen LogP contribution in [0.3, 0.4) is 0 Å². The third-order valence-corrected chi connectivity index (χ3v) is 4.19. The minimum absolute atomic E-state index is 0.240. The molecule has 0 heterocycles. The average Bonchev–Trinajstić information content (AvgIpc) is 2.21. The van der Waals surface area contributed by atoms with E-state index in [-0.39, 0.29) is 11.5 Å². The molecule has 15 heavy (non-hydrogen) atoms. The molecule has 0 bridgehead atoms. The van der Waals surface area contributed by atoms with Gasteiger partial charge in [0.1, 0.15) is 0 Å². The van der Waals surface area contributed by atoms with Crippen LogP contribution in [0.2, 0.25) is 0 Å². The number of hydrogen-bond acceptors (Lipinski definition) is 2. The Morgan fingerprint density at radius 1 is 1.13 bits per heavy atom. The topological polar surface area (TPSA) is 46.2 Å². The van der Waals surface area contributed by atoms with Crippen molar-refractivity contribution in [1.29, 1.82) is 0 Å². The molecular formula is C13H27NO. The van der Waals surface area contributed by atoms with Crippen LogP contribution in [0, 0.1) is 5.41 Å². The first kappa shape index (κ1) is 13.0. The molecule has 1 aliphatic rings. The van der Waals surface area contributed by atoms with Crippen molar-refractivity contribution in [3.05, 3.63) is 0 Å². The molecule has 2 nitrogen and oxygen atoms in total. The minimum Gasteiger partial charge on any atom is -0.396 e. The van der Waals surface area contributed by atoms with Crippen molar-refractivity contribution < 1.29 is 5.11 Å². The van der Waals surface area contributed by atoms with Crippen LogP contribution in [0.15, 0.2) is 0 Å². The Kier molecular flexibility index (Phi) is 5.62. The molecule has 2 heteroatoms. The van der Waals surface area contributed by atoms with E-state index in [2.05, 4.69) is 6.92 Å². The molecule has 0 spiro atoms. The second-order valence-corrected chi connectivity index (χ2v) is 5.12. The van der Waals surface area contributed by atoms with Gasteiger partial charge in [-0.2, -0.15) is 0 Å². The van der Waals surface area contributed by atoms with Crippen molar-refractivity contribution in [3.63, 3.8) is 0 Å². The second kappa shape index (κ2) is 6.49. The molecule has 0 amide bonds. The summed E-state index contributed by atoms with van der Waals surface area (Å²) in [5, 5.41) is 9.23. The summed E-state index contributed by atoms with van der Waals surface area (Å²) in [7, 11) is 0. The lowest BCUT2D eigenvalue weighted by atomic mass is 9.68. The second-order valence-electron chi connectivity index (χ2n) is 5.12. The first-order chi connectivity index (χ1) is 7.25. The first-order valence-electron chi connectivity index (χ1n) is 6.61. The molecule has 1 saturated carbocycles. The Labute approximate surface area is 94.2 Å². The van der Waals surface area contributed by atoms with Gasteiger partial charge < -0.3 is 10.8 Å². The van der Waals surface area contributed by atoms with Crippen molar-refractivity contribution in [3.8, 4) is 0 Å². The molecule has 3 N–H and O–H groups in total. The molecule has 0 aliphatic heterocycles. The van der Waals surface area contributed by atoms with Gasteiger partial charge >= 0.3 is 0 Å². The summed E-state index contributed by atoms with van der Waals surface area (Å²) in [4.78, 5) is 0. The van der Waals surface area contributed by atoms with Crippen molar-refractivity contribution in [1.82, 2.24) is 0 Å². The van der Waals surface area contributed by atoms with Crippen LogP contribution in [-0.4, -0.2) is 17.8 Å². The fraction of sp³-hybridized carbons (Fsp3) is 1.00. The lowest BCUT2D eigenvalue weighted by Gasteiger charge is -2.40. The zero-order valence-corrected chi connectivity index (χ0v) is 10.2. The highest BCUT2D eigenvalue weighted by atomic mass is 16.3. The summed E-state index contributed by atoms with van der Waals surface area (Å²) in [6.45, 7) is 2.47. The quantitative estimate of drug-likeness (QED) is 0.754. The Hall–Kier alpha value is -0.0800. The Balaban J connectivity index is 2.65. The SMILES string of the molecule is CCC(N)C1(CCO)CCCCCCC1. The maximum Gasteiger partial charge on any atom is 0.0436 e. The largest absolute Gasteiger partial charge is 0.396 e. The average molecular weight is 213 g/mol. The predicted octanol–water partition coefficient (Wildman–Crippen LogP) is 2.84. The standard InChI is InChI=1S/C13H27NO/c1-2-12(14)13(10-11-15)8-6-4-3-5-7-9-13/h12,15H,2-11,14H2,1H3. The van der Waals surface area contributed by atoms with Crippen LogP contribution in [-0.2, 0) is 0 Å².